The molecule has 2 saturated heterocycles. The van der Waals surface area contributed by atoms with Crippen LogP contribution in [0.1, 0.15) is 17.5 Å². The topological polar surface area (TPSA) is 37.0 Å². The normalized spacial score (nSPS) is 23.2. The molecule has 2 aliphatic heterocycles. The first-order valence-corrected chi connectivity index (χ1v) is 8.60. The van der Waals surface area contributed by atoms with Gasteiger partial charge in [0.2, 0.25) is 0 Å². The Labute approximate surface area is 139 Å². The average molecular weight is 319 g/mol. The zero-order chi connectivity index (χ0) is 16.2. The number of hydrogen-bond donors (Lipinski definition) is 1. The summed E-state index contributed by atoms with van der Waals surface area (Å²) in [5.41, 5.74) is 2.34. The molecule has 3 rings (SSSR count). The molecule has 128 valence electrons. The van der Waals surface area contributed by atoms with Crippen LogP contribution >= 0.6 is 0 Å². The standard InChI is InChI=1S/C18H29N3O2/c1-14-17(22-2)5-4-15(18(14)23-3)13-20-8-10-21(11-9-20)16-6-7-19-12-16/h4-5,16,19H,6-13H2,1-3H3. The van der Waals surface area contributed by atoms with Crippen molar-refractivity contribution in [3.05, 3.63) is 23.3 Å². The van der Waals surface area contributed by atoms with Crippen molar-refractivity contribution >= 4 is 0 Å². The monoisotopic (exact) mass is 319 g/mol. The zero-order valence-corrected chi connectivity index (χ0v) is 14.6. The molecule has 1 atom stereocenters. The Balaban J connectivity index is 1.61. The predicted octanol–water partition coefficient (Wildman–Crippen LogP) is 1.49. The molecule has 0 bridgehead atoms. The van der Waals surface area contributed by atoms with Crippen molar-refractivity contribution in [1.29, 1.82) is 0 Å². The van der Waals surface area contributed by atoms with Crippen LogP contribution in [-0.4, -0.2) is 69.3 Å². The van der Waals surface area contributed by atoms with Crippen LogP contribution in [-0.2, 0) is 6.54 Å². The van der Waals surface area contributed by atoms with Gasteiger partial charge in [-0.05, 0) is 26.0 Å². The fourth-order valence-electron chi connectivity index (χ4n) is 3.84. The Hall–Kier alpha value is -1.30. The van der Waals surface area contributed by atoms with E-state index in [4.69, 9.17) is 9.47 Å². The third-order valence-corrected chi connectivity index (χ3v) is 5.21. The number of rotatable bonds is 5. The highest BCUT2D eigenvalue weighted by Crippen LogP contribution is 2.32. The van der Waals surface area contributed by atoms with Gasteiger partial charge >= 0.3 is 0 Å². The average Bonchev–Trinajstić information content (AvgIpc) is 3.10. The van der Waals surface area contributed by atoms with Gasteiger partial charge in [-0.15, -0.1) is 0 Å². The van der Waals surface area contributed by atoms with E-state index >= 15 is 0 Å². The lowest BCUT2D eigenvalue weighted by Gasteiger charge is -2.38. The molecule has 0 aromatic heterocycles. The van der Waals surface area contributed by atoms with Gasteiger partial charge in [0.05, 0.1) is 14.2 Å². The van der Waals surface area contributed by atoms with E-state index in [2.05, 4.69) is 28.1 Å². The van der Waals surface area contributed by atoms with E-state index in [1.165, 1.54) is 31.6 Å². The Morgan fingerprint density at radius 1 is 1.13 bits per heavy atom. The third-order valence-electron chi connectivity index (χ3n) is 5.21. The van der Waals surface area contributed by atoms with Gasteiger partial charge in [-0.3, -0.25) is 9.80 Å². The molecule has 1 unspecified atom stereocenters. The molecule has 0 saturated carbocycles. The van der Waals surface area contributed by atoms with Gasteiger partial charge in [0.15, 0.2) is 0 Å². The van der Waals surface area contributed by atoms with E-state index in [1.807, 2.05) is 6.07 Å². The molecule has 0 aliphatic carbocycles. The summed E-state index contributed by atoms with van der Waals surface area (Å²) in [5.74, 6) is 1.86. The summed E-state index contributed by atoms with van der Waals surface area (Å²) >= 11 is 0. The quantitative estimate of drug-likeness (QED) is 0.890. The highest BCUT2D eigenvalue weighted by Gasteiger charge is 2.26. The smallest absolute Gasteiger partial charge is 0.129 e. The SMILES string of the molecule is COc1ccc(CN2CCN(C3CCNC3)CC2)c(OC)c1C. The Bertz CT molecular complexity index is 521. The van der Waals surface area contributed by atoms with Crippen LogP contribution in [0.2, 0.25) is 0 Å². The molecule has 1 N–H and O–H groups in total. The summed E-state index contributed by atoms with van der Waals surface area (Å²) in [5, 5.41) is 3.47. The maximum atomic E-state index is 5.64. The van der Waals surface area contributed by atoms with Crippen molar-refractivity contribution in [2.75, 3.05) is 53.5 Å². The molecule has 5 heteroatoms. The van der Waals surface area contributed by atoms with Gasteiger partial charge < -0.3 is 14.8 Å². The van der Waals surface area contributed by atoms with Crippen molar-refractivity contribution in [3.63, 3.8) is 0 Å². The minimum atomic E-state index is 0.745. The van der Waals surface area contributed by atoms with Crippen LogP contribution in [0.15, 0.2) is 12.1 Å². The molecule has 2 fully saturated rings. The number of hydrogen-bond acceptors (Lipinski definition) is 5. The molecule has 0 radical (unpaired) electrons. The molecular formula is C18H29N3O2. The van der Waals surface area contributed by atoms with E-state index in [0.717, 1.165) is 49.3 Å². The largest absolute Gasteiger partial charge is 0.496 e. The van der Waals surface area contributed by atoms with Gasteiger partial charge in [-0.25, -0.2) is 0 Å². The van der Waals surface area contributed by atoms with Crippen molar-refractivity contribution in [2.24, 2.45) is 0 Å². The summed E-state index contributed by atoms with van der Waals surface area (Å²) in [6.07, 6.45) is 1.30. The molecule has 23 heavy (non-hydrogen) atoms. The van der Waals surface area contributed by atoms with Crippen molar-refractivity contribution in [2.45, 2.75) is 25.9 Å². The van der Waals surface area contributed by atoms with Gasteiger partial charge in [0.1, 0.15) is 11.5 Å². The number of benzene rings is 1. The predicted molar refractivity (Wildman–Crippen MR) is 92.4 cm³/mol. The van der Waals surface area contributed by atoms with Crippen molar-refractivity contribution in [3.8, 4) is 11.5 Å². The van der Waals surface area contributed by atoms with Crippen LogP contribution < -0.4 is 14.8 Å². The first-order chi connectivity index (χ1) is 11.2. The van der Waals surface area contributed by atoms with Gasteiger partial charge in [0.25, 0.3) is 0 Å². The summed E-state index contributed by atoms with van der Waals surface area (Å²) in [7, 11) is 3.45. The van der Waals surface area contributed by atoms with E-state index in [-0.39, 0.29) is 0 Å². The number of methoxy groups -OCH3 is 2. The molecule has 2 aliphatic rings. The lowest BCUT2D eigenvalue weighted by atomic mass is 10.1. The molecule has 1 aromatic carbocycles. The maximum Gasteiger partial charge on any atom is 0.129 e. The maximum absolute atomic E-state index is 5.64. The van der Waals surface area contributed by atoms with E-state index < -0.39 is 0 Å². The Morgan fingerprint density at radius 3 is 2.52 bits per heavy atom. The number of piperazine rings is 1. The molecule has 0 spiro atoms. The van der Waals surface area contributed by atoms with E-state index in [9.17, 15) is 0 Å². The number of ether oxygens (including phenoxy) is 2. The summed E-state index contributed by atoms with van der Waals surface area (Å²) in [6, 6.07) is 4.93. The summed E-state index contributed by atoms with van der Waals surface area (Å²) in [6.45, 7) is 9.94. The Morgan fingerprint density at radius 2 is 1.91 bits per heavy atom. The molecule has 0 amide bonds. The number of nitrogens with zero attached hydrogens (tertiary/aromatic N) is 2. The van der Waals surface area contributed by atoms with Gasteiger partial charge in [0, 0.05) is 56.4 Å². The second-order valence-corrected chi connectivity index (χ2v) is 6.54. The Kier molecular flexibility index (Phi) is 5.41. The van der Waals surface area contributed by atoms with Crippen molar-refractivity contribution < 1.29 is 9.47 Å². The lowest BCUT2D eigenvalue weighted by Crippen LogP contribution is -2.50. The molecule has 1 aromatic rings. The fraction of sp³-hybridized carbons (Fsp3) is 0.667. The first kappa shape index (κ1) is 16.6. The minimum absolute atomic E-state index is 0.745. The van der Waals surface area contributed by atoms with E-state index in [1.54, 1.807) is 14.2 Å². The first-order valence-electron chi connectivity index (χ1n) is 8.60. The van der Waals surface area contributed by atoms with Crippen LogP contribution in [0.25, 0.3) is 0 Å². The highest BCUT2D eigenvalue weighted by atomic mass is 16.5. The minimum Gasteiger partial charge on any atom is -0.496 e. The zero-order valence-electron chi connectivity index (χ0n) is 14.6. The van der Waals surface area contributed by atoms with E-state index in [0.29, 0.717) is 0 Å². The lowest BCUT2D eigenvalue weighted by molar-refractivity contribution is 0.0975. The second kappa shape index (κ2) is 7.51. The molecular weight excluding hydrogens is 290 g/mol. The second-order valence-electron chi connectivity index (χ2n) is 6.54. The van der Waals surface area contributed by atoms with Crippen LogP contribution in [0, 0.1) is 6.92 Å². The fourth-order valence-corrected chi connectivity index (χ4v) is 3.84. The summed E-state index contributed by atoms with van der Waals surface area (Å²) < 4.78 is 11.0. The van der Waals surface area contributed by atoms with Gasteiger partial charge in [-0.2, -0.15) is 0 Å². The third kappa shape index (κ3) is 3.62. The number of nitrogens with one attached hydrogen (secondary N) is 1. The molecule has 5 nitrogen and oxygen atoms in total. The molecule has 2 heterocycles. The van der Waals surface area contributed by atoms with Crippen molar-refractivity contribution in [1.82, 2.24) is 15.1 Å². The van der Waals surface area contributed by atoms with Crippen LogP contribution in [0.5, 0.6) is 11.5 Å². The van der Waals surface area contributed by atoms with Crippen LogP contribution in [0.4, 0.5) is 0 Å². The van der Waals surface area contributed by atoms with Gasteiger partial charge in [-0.1, -0.05) is 6.07 Å². The van der Waals surface area contributed by atoms with Crippen LogP contribution in [0.3, 0.4) is 0 Å². The highest BCUT2D eigenvalue weighted by molar-refractivity contribution is 5.49. The summed E-state index contributed by atoms with van der Waals surface area (Å²) in [4.78, 5) is 5.18.